The average Bonchev–Trinajstić information content (AvgIpc) is 2.28. The summed E-state index contributed by atoms with van der Waals surface area (Å²) in [6.45, 7) is 6.26. The molecular weight excluding hydrogens is 206 g/mol. The zero-order chi connectivity index (χ0) is 12.3. The number of benzene rings is 1. The molecule has 1 aliphatic carbocycles. The third-order valence-corrected chi connectivity index (χ3v) is 4.31. The van der Waals surface area contributed by atoms with Crippen LogP contribution in [0.5, 0.6) is 0 Å². The molecule has 1 nitrogen and oxygen atoms in total. The fraction of sp³-hybridized carbons (Fsp3) is 0.500. The SMILES string of the molecule is C=C(CC)CC(N)C1(c2ccccc2)CCC1. The molecule has 1 heteroatoms. The van der Waals surface area contributed by atoms with Crippen molar-refractivity contribution in [3.8, 4) is 0 Å². The number of nitrogens with two attached hydrogens (primary N) is 1. The Kier molecular flexibility index (Phi) is 3.68. The van der Waals surface area contributed by atoms with Gasteiger partial charge < -0.3 is 5.73 Å². The Hall–Kier alpha value is -1.08. The number of hydrogen-bond donors (Lipinski definition) is 1. The van der Waals surface area contributed by atoms with Crippen LogP contribution in [0.25, 0.3) is 0 Å². The molecule has 92 valence electrons. The quantitative estimate of drug-likeness (QED) is 0.764. The Morgan fingerprint density at radius 1 is 1.35 bits per heavy atom. The van der Waals surface area contributed by atoms with Gasteiger partial charge in [0.2, 0.25) is 0 Å². The molecule has 0 amide bonds. The van der Waals surface area contributed by atoms with Gasteiger partial charge in [-0.25, -0.2) is 0 Å². The molecule has 17 heavy (non-hydrogen) atoms. The second-order valence-corrected chi connectivity index (χ2v) is 5.29. The largest absolute Gasteiger partial charge is 0.327 e. The fourth-order valence-electron chi connectivity index (χ4n) is 2.85. The minimum absolute atomic E-state index is 0.222. The maximum Gasteiger partial charge on any atom is 0.0174 e. The van der Waals surface area contributed by atoms with E-state index >= 15 is 0 Å². The van der Waals surface area contributed by atoms with Gasteiger partial charge in [0.1, 0.15) is 0 Å². The van der Waals surface area contributed by atoms with E-state index < -0.39 is 0 Å². The van der Waals surface area contributed by atoms with Gasteiger partial charge in [-0.3, -0.25) is 0 Å². The first kappa shape index (κ1) is 12.4. The molecule has 0 radical (unpaired) electrons. The molecule has 0 heterocycles. The first-order valence-electron chi connectivity index (χ1n) is 6.67. The fourth-order valence-corrected chi connectivity index (χ4v) is 2.85. The first-order chi connectivity index (χ1) is 8.19. The van der Waals surface area contributed by atoms with E-state index in [1.807, 2.05) is 0 Å². The van der Waals surface area contributed by atoms with Crippen molar-refractivity contribution in [3.05, 3.63) is 48.0 Å². The lowest BCUT2D eigenvalue weighted by Gasteiger charge is -2.47. The summed E-state index contributed by atoms with van der Waals surface area (Å²) in [6, 6.07) is 11.0. The Morgan fingerprint density at radius 3 is 2.47 bits per heavy atom. The van der Waals surface area contributed by atoms with Crippen LogP contribution in [-0.4, -0.2) is 6.04 Å². The van der Waals surface area contributed by atoms with E-state index in [1.54, 1.807) is 0 Å². The smallest absolute Gasteiger partial charge is 0.0174 e. The Bertz CT molecular complexity index is 376. The molecule has 1 aromatic rings. The maximum atomic E-state index is 6.46. The Balaban J connectivity index is 2.17. The maximum absolute atomic E-state index is 6.46. The summed E-state index contributed by atoms with van der Waals surface area (Å²) in [7, 11) is 0. The Morgan fingerprint density at radius 2 is 2.00 bits per heavy atom. The van der Waals surface area contributed by atoms with Crippen LogP contribution in [0, 0.1) is 0 Å². The number of rotatable bonds is 5. The van der Waals surface area contributed by atoms with Gasteiger partial charge in [-0.1, -0.05) is 55.8 Å². The molecule has 1 aromatic carbocycles. The highest BCUT2D eigenvalue weighted by atomic mass is 14.7. The molecule has 1 aliphatic rings. The molecule has 1 atom stereocenters. The molecule has 2 N–H and O–H groups in total. The molecular formula is C16H23N. The van der Waals surface area contributed by atoms with E-state index in [2.05, 4.69) is 43.8 Å². The average molecular weight is 229 g/mol. The van der Waals surface area contributed by atoms with Crippen molar-refractivity contribution in [1.82, 2.24) is 0 Å². The van der Waals surface area contributed by atoms with E-state index in [1.165, 1.54) is 30.4 Å². The summed E-state index contributed by atoms with van der Waals surface area (Å²) in [5.41, 5.74) is 9.38. The standard InChI is InChI=1S/C16H23N/c1-3-13(2)12-15(17)16(10-7-11-16)14-8-5-4-6-9-14/h4-6,8-9,15H,2-3,7,10-12,17H2,1H3. The highest BCUT2D eigenvalue weighted by molar-refractivity contribution is 5.31. The van der Waals surface area contributed by atoms with Crippen LogP contribution in [0.4, 0.5) is 0 Å². The lowest BCUT2D eigenvalue weighted by atomic mass is 9.59. The molecule has 1 fully saturated rings. The molecule has 0 saturated heterocycles. The van der Waals surface area contributed by atoms with Gasteiger partial charge in [0, 0.05) is 11.5 Å². The summed E-state index contributed by atoms with van der Waals surface area (Å²) < 4.78 is 0. The predicted octanol–water partition coefficient (Wildman–Crippen LogP) is 3.79. The van der Waals surface area contributed by atoms with Crippen LogP contribution in [-0.2, 0) is 5.41 Å². The van der Waals surface area contributed by atoms with E-state index in [4.69, 9.17) is 5.73 Å². The van der Waals surface area contributed by atoms with Crippen molar-refractivity contribution in [2.75, 3.05) is 0 Å². The summed E-state index contributed by atoms with van der Waals surface area (Å²) in [6.07, 6.45) is 5.77. The van der Waals surface area contributed by atoms with Gasteiger partial charge in [-0.2, -0.15) is 0 Å². The lowest BCUT2D eigenvalue weighted by Crippen LogP contribution is -2.50. The van der Waals surface area contributed by atoms with Crippen LogP contribution < -0.4 is 5.73 Å². The number of hydrogen-bond acceptors (Lipinski definition) is 1. The monoisotopic (exact) mass is 229 g/mol. The molecule has 2 rings (SSSR count). The van der Waals surface area contributed by atoms with Crippen LogP contribution in [0.1, 0.15) is 44.6 Å². The van der Waals surface area contributed by atoms with Crippen molar-refractivity contribution in [2.45, 2.75) is 50.5 Å². The molecule has 1 unspecified atom stereocenters. The van der Waals surface area contributed by atoms with Gasteiger partial charge in [0.15, 0.2) is 0 Å². The van der Waals surface area contributed by atoms with Crippen LogP contribution in [0.2, 0.25) is 0 Å². The van der Waals surface area contributed by atoms with Crippen molar-refractivity contribution < 1.29 is 0 Å². The highest BCUT2D eigenvalue weighted by Gasteiger charge is 2.43. The van der Waals surface area contributed by atoms with E-state index in [9.17, 15) is 0 Å². The highest BCUT2D eigenvalue weighted by Crippen LogP contribution is 2.47. The molecule has 0 aromatic heterocycles. The molecule has 0 aliphatic heterocycles. The topological polar surface area (TPSA) is 26.0 Å². The summed E-state index contributed by atoms with van der Waals surface area (Å²) >= 11 is 0. The second-order valence-electron chi connectivity index (χ2n) is 5.29. The van der Waals surface area contributed by atoms with Crippen LogP contribution >= 0.6 is 0 Å². The van der Waals surface area contributed by atoms with E-state index in [0.29, 0.717) is 0 Å². The van der Waals surface area contributed by atoms with Gasteiger partial charge in [0.25, 0.3) is 0 Å². The minimum atomic E-state index is 0.222. The Labute approximate surface area is 105 Å². The van der Waals surface area contributed by atoms with Crippen molar-refractivity contribution >= 4 is 0 Å². The summed E-state index contributed by atoms with van der Waals surface area (Å²) in [5.74, 6) is 0. The predicted molar refractivity (Wildman–Crippen MR) is 74.0 cm³/mol. The molecule has 1 saturated carbocycles. The van der Waals surface area contributed by atoms with Gasteiger partial charge in [0.05, 0.1) is 0 Å². The minimum Gasteiger partial charge on any atom is -0.327 e. The molecule has 0 spiro atoms. The van der Waals surface area contributed by atoms with Crippen LogP contribution in [0.3, 0.4) is 0 Å². The molecule has 0 bridgehead atoms. The van der Waals surface area contributed by atoms with Crippen LogP contribution in [0.15, 0.2) is 42.5 Å². The van der Waals surface area contributed by atoms with E-state index in [0.717, 1.165) is 12.8 Å². The lowest BCUT2D eigenvalue weighted by molar-refractivity contribution is 0.194. The third kappa shape index (κ3) is 2.30. The van der Waals surface area contributed by atoms with Gasteiger partial charge >= 0.3 is 0 Å². The third-order valence-electron chi connectivity index (χ3n) is 4.31. The second kappa shape index (κ2) is 5.05. The van der Waals surface area contributed by atoms with E-state index in [-0.39, 0.29) is 11.5 Å². The summed E-state index contributed by atoms with van der Waals surface area (Å²) in [5, 5.41) is 0. The van der Waals surface area contributed by atoms with Crippen molar-refractivity contribution in [3.63, 3.8) is 0 Å². The zero-order valence-electron chi connectivity index (χ0n) is 10.8. The summed E-state index contributed by atoms with van der Waals surface area (Å²) in [4.78, 5) is 0. The zero-order valence-corrected chi connectivity index (χ0v) is 10.8. The van der Waals surface area contributed by atoms with Gasteiger partial charge in [-0.15, -0.1) is 0 Å². The van der Waals surface area contributed by atoms with Gasteiger partial charge in [-0.05, 0) is 31.2 Å². The van der Waals surface area contributed by atoms with Crippen molar-refractivity contribution in [1.29, 1.82) is 0 Å². The first-order valence-corrected chi connectivity index (χ1v) is 6.67. The van der Waals surface area contributed by atoms with Crippen molar-refractivity contribution in [2.24, 2.45) is 5.73 Å². The normalized spacial score (nSPS) is 19.4.